The molecule has 1 aliphatic rings. The number of thioether (sulfide) groups is 1. The molecule has 6 heteroatoms. The third kappa shape index (κ3) is 10.5. The van der Waals surface area contributed by atoms with Gasteiger partial charge in [0, 0.05) is 29.8 Å². The van der Waals surface area contributed by atoms with Gasteiger partial charge >= 0.3 is 5.97 Å². The molecule has 0 aromatic rings. The van der Waals surface area contributed by atoms with E-state index in [-0.39, 0.29) is 23.7 Å². The molecule has 1 fully saturated rings. The highest BCUT2D eigenvalue weighted by Crippen LogP contribution is 2.38. The normalized spacial score (nSPS) is 26.7. The van der Waals surface area contributed by atoms with Crippen molar-refractivity contribution < 1.29 is 25.2 Å². The third-order valence-electron chi connectivity index (χ3n) is 5.24. The van der Waals surface area contributed by atoms with Gasteiger partial charge in [-0.1, -0.05) is 44.8 Å². The quantitative estimate of drug-likeness (QED) is 0.246. The number of carbonyl (C=O) groups is 1. The van der Waals surface area contributed by atoms with Crippen LogP contribution in [0.5, 0.6) is 0 Å². The predicted octanol–water partition coefficient (Wildman–Crippen LogP) is 3.75. The van der Waals surface area contributed by atoms with E-state index in [1.165, 1.54) is 12.8 Å². The van der Waals surface area contributed by atoms with Gasteiger partial charge in [-0.3, -0.25) is 4.79 Å². The van der Waals surface area contributed by atoms with E-state index in [1.807, 2.05) is 12.2 Å². The molecule has 0 bridgehead atoms. The topological polar surface area (TPSA) is 98.0 Å². The van der Waals surface area contributed by atoms with Crippen LogP contribution in [0.2, 0.25) is 0 Å². The van der Waals surface area contributed by atoms with Crippen molar-refractivity contribution in [3.8, 4) is 0 Å². The highest BCUT2D eigenvalue weighted by molar-refractivity contribution is 8.00. The molecule has 0 spiro atoms. The van der Waals surface area contributed by atoms with E-state index in [1.54, 1.807) is 11.8 Å². The van der Waals surface area contributed by atoms with Crippen molar-refractivity contribution >= 4 is 17.7 Å². The lowest BCUT2D eigenvalue weighted by Crippen LogP contribution is -2.26. The molecule has 0 aliphatic heterocycles. The molecule has 5 unspecified atom stereocenters. The lowest BCUT2D eigenvalue weighted by atomic mass is 10.0. The van der Waals surface area contributed by atoms with Gasteiger partial charge in [0.1, 0.15) is 0 Å². The number of hydrogen-bond acceptors (Lipinski definition) is 5. The Labute approximate surface area is 168 Å². The van der Waals surface area contributed by atoms with E-state index >= 15 is 0 Å². The van der Waals surface area contributed by atoms with Gasteiger partial charge < -0.3 is 20.4 Å². The van der Waals surface area contributed by atoms with Crippen molar-refractivity contribution in [3.05, 3.63) is 12.2 Å². The zero-order valence-corrected chi connectivity index (χ0v) is 17.4. The second-order valence-electron chi connectivity index (χ2n) is 7.68. The van der Waals surface area contributed by atoms with E-state index in [0.717, 1.165) is 32.1 Å². The summed E-state index contributed by atoms with van der Waals surface area (Å²) in [6, 6.07) is 0. The van der Waals surface area contributed by atoms with Gasteiger partial charge in [-0.25, -0.2) is 0 Å². The molecule has 5 nitrogen and oxygen atoms in total. The minimum absolute atomic E-state index is 0.00700. The zero-order valence-electron chi connectivity index (χ0n) is 16.6. The first kappa shape index (κ1) is 24.5. The fourth-order valence-electron chi connectivity index (χ4n) is 3.61. The van der Waals surface area contributed by atoms with Crippen molar-refractivity contribution in [1.29, 1.82) is 0 Å². The molecule has 5 atom stereocenters. The number of aliphatic hydroxyl groups is 3. The lowest BCUT2D eigenvalue weighted by molar-refractivity contribution is -0.137. The minimum Gasteiger partial charge on any atom is -0.481 e. The standard InChI is InChI=1S/C21H38O5S/c1-2-3-4-8-11-16(22)15-27-21-17(18(23)14-19(21)24)12-9-6-5-7-10-13-20(25)26/h6,9,16-19,21-24H,2-5,7-8,10-15H2,1H3,(H,25,26). The van der Waals surface area contributed by atoms with Gasteiger partial charge in [-0.2, -0.15) is 11.8 Å². The first-order valence-electron chi connectivity index (χ1n) is 10.5. The van der Waals surface area contributed by atoms with Crippen molar-refractivity contribution in [3.63, 3.8) is 0 Å². The fraction of sp³-hybridized carbons (Fsp3) is 0.857. The van der Waals surface area contributed by atoms with Crippen LogP contribution >= 0.6 is 11.8 Å². The van der Waals surface area contributed by atoms with E-state index in [0.29, 0.717) is 25.0 Å². The average Bonchev–Trinajstić information content (AvgIpc) is 2.88. The molecule has 0 aromatic carbocycles. The van der Waals surface area contributed by atoms with E-state index in [9.17, 15) is 20.1 Å². The largest absolute Gasteiger partial charge is 0.481 e. The first-order chi connectivity index (χ1) is 13.0. The monoisotopic (exact) mass is 402 g/mol. The molecule has 27 heavy (non-hydrogen) atoms. The molecule has 0 radical (unpaired) electrons. The predicted molar refractivity (Wildman–Crippen MR) is 111 cm³/mol. The summed E-state index contributed by atoms with van der Waals surface area (Å²) in [5.41, 5.74) is 0. The number of rotatable bonds is 15. The van der Waals surface area contributed by atoms with Crippen molar-refractivity contribution in [2.75, 3.05) is 5.75 Å². The van der Waals surface area contributed by atoms with E-state index < -0.39 is 18.2 Å². The molecule has 1 aliphatic carbocycles. The Morgan fingerprint density at radius 2 is 1.89 bits per heavy atom. The Morgan fingerprint density at radius 1 is 1.11 bits per heavy atom. The van der Waals surface area contributed by atoms with Crippen LogP contribution in [0.3, 0.4) is 0 Å². The Kier molecular flexibility index (Phi) is 13.1. The summed E-state index contributed by atoms with van der Waals surface area (Å²) < 4.78 is 0. The molecule has 4 N–H and O–H groups in total. The molecule has 0 heterocycles. The lowest BCUT2D eigenvalue weighted by Gasteiger charge is -2.23. The van der Waals surface area contributed by atoms with Crippen molar-refractivity contribution in [2.45, 2.75) is 101 Å². The number of allylic oxidation sites excluding steroid dienone is 2. The van der Waals surface area contributed by atoms with Gasteiger partial charge in [0.05, 0.1) is 18.3 Å². The zero-order chi connectivity index (χ0) is 20.1. The first-order valence-corrected chi connectivity index (χ1v) is 11.5. The molecule has 1 saturated carbocycles. The molecule has 1 rings (SSSR count). The van der Waals surface area contributed by atoms with Crippen LogP contribution < -0.4 is 0 Å². The Balaban J connectivity index is 2.31. The maximum absolute atomic E-state index is 10.5. The highest BCUT2D eigenvalue weighted by atomic mass is 32.2. The van der Waals surface area contributed by atoms with Crippen LogP contribution in [-0.2, 0) is 4.79 Å². The maximum Gasteiger partial charge on any atom is 0.303 e. The van der Waals surface area contributed by atoms with Crippen LogP contribution in [0.25, 0.3) is 0 Å². The third-order valence-corrected chi connectivity index (χ3v) is 6.86. The molecule has 0 amide bonds. The number of unbranched alkanes of at least 4 members (excludes halogenated alkanes) is 5. The average molecular weight is 403 g/mol. The summed E-state index contributed by atoms with van der Waals surface area (Å²) in [5.74, 6) is -0.141. The summed E-state index contributed by atoms with van der Waals surface area (Å²) >= 11 is 1.59. The molecule has 0 aromatic heterocycles. The molecular formula is C21H38O5S. The Hall–Kier alpha value is -0.560. The molecule has 158 valence electrons. The Morgan fingerprint density at radius 3 is 2.59 bits per heavy atom. The Bertz CT molecular complexity index is 429. The van der Waals surface area contributed by atoms with Crippen molar-refractivity contribution in [2.24, 2.45) is 5.92 Å². The minimum atomic E-state index is -0.755. The molecule has 0 saturated heterocycles. The number of aliphatic hydroxyl groups excluding tert-OH is 3. The van der Waals surface area contributed by atoms with E-state index in [2.05, 4.69) is 6.92 Å². The summed E-state index contributed by atoms with van der Waals surface area (Å²) in [6.07, 6.45) is 11.8. The molecular weight excluding hydrogens is 364 g/mol. The van der Waals surface area contributed by atoms with Crippen LogP contribution in [0.15, 0.2) is 12.2 Å². The van der Waals surface area contributed by atoms with Crippen LogP contribution in [0.4, 0.5) is 0 Å². The van der Waals surface area contributed by atoms with Crippen LogP contribution in [0.1, 0.15) is 77.6 Å². The smallest absolute Gasteiger partial charge is 0.303 e. The summed E-state index contributed by atoms with van der Waals surface area (Å²) in [4.78, 5) is 10.5. The number of aliphatic carboxylic acids is 1. The number of carboxylic acids is 1. The fourth-order valence-corrected chi connectivity index (χ4v) is 5.09. The van der Waals surface area contributed by atoms with Crippen molar-refractivity contribution in [1.82, 2.24) is 0 Å². The van der Waals surface area contributed by atoms with Crippen LogP contribution in [0, 0.1) is 5.92 Å². The number of hydrogen-bond donors (Lipinski definition) is 4. The van der Waals surface area contributed by atoms with Gasteiger partial charge in [-0.15, -0.1) is 0 Å². The van der Waals surface area contributed by atoms with Crippen LogP contribution in [-0.4, -0.2) is 55.7 Å². The van der Waals surface area contributed by atoms with Gasteiger partial charge in [0.25, 0.3) is 0 Å². The van der Waals surface area contributed by atoms with E-state index in [4.69, 9.17) is 5.11 Å². The SMILES string of the molecule is CCCCCCC(O)CSC1C(O)CC(O)C1CC=CCCCCC(=O)O. The maximum atomic E-state index is 10.5. The second-order valence-corrected chi connectivity index (χ2v) is 8.89. The highest BCUT2D eigenvalue weighted by Gasteiger charge is 2.41. The van der Waals surface area contributed by atoms with Gasteiger partial charge in [-0.05, 0) is 32.1 Å². The second kappa shape index (κ2) is 14.4. The van der Waals surface area contributed by atoms with Gasteiger partial charge in [0.15, 0.2) is 0 Å². The number of carboxylic acid groups (broad SMARTS) is 1. The summed E-state index contributed by atoms with van der Waals surface area (Å²) in [7, 11) is 0. The summed E-state index contributed by atoms with van der Waals surface area (Å²) in [6.45, 7) is 2.17. The van der Waals surface area contributed by atoms with Gasteiger partial charge in [0.2, 0.25) is 0 Å². The summed E-state index contributed by atoms with van der Waals surface area (Å²) in [5, 5.41) is 39.3.